The van der Waals surface area contributed by atoms with Gasteiger partial charge in [0, 0.05) is 13.2 Å². The van der Waals surface area contributed by atoms with Crippen molar-refractivity contribution >= 4 is 17.5 Å². The Hall–Kier alpha value is -2.65. The molecule has 1 aromatic carbocycles. The number of nitriles is 1. The molecule has 0 saturated carbocycles. The molecule has 2 rings (SSSR count). The SMILES string of the molecule is CN(c1ccnc(NN)n1)c1ccccc1C#N. The summed E-state index contributed by atoms with van der Waals surface area (Å²) >= 11 is 0. The first-order valence-corrected chi connectivity index (χ1v) is 5.29. The largest absolute Gasteiger partial charge is 0.328 e. The number of aromatic nitrogens is 2. The van der Waals surface area contributed by atoms with Crippen LogP contribution in [0.25, 0.3) is 0 Å². The standard InChI is InChI=1S/C12H12N6/c1-18(10-5-3-2-4-9(10)8-13)11-6-7-15-12(16-11)17-14/h2-7H,14H2,1H3,(H,15,16,17). The molecule has 0 atom stereocenters. The van der Waals surface area contributed by atoms with Crippen LogP contribution in [-0.4, -0.2) is 17.0 Å². The fourth-order valence-corrected chi connectivity index (χ4v) is 1.59. The number of nitrogens with zero attached hydrogens (tertiary/aromatic N) is 4. The summed E-state index contributed by atoms with van der Waals surface area (Å²) < 4.78 is 0. The number of hydrogen-bond donors (Lipinski definition) is 2. The zero-order valence-electron chi connectivity index (χ0n) is 9.83. The summed E-state index contributed by atoms with van der Waals surface area (Å²) in [6, 6.07) is 11.2. The first-order valence-electron chi connectivity index (χ1n) is 5.29. The summed E-state index contributed by atoms with van der Waals surface area (Å²) in [5.41, 5.74) is 3.75. The second-order valence-corrected chi connectivity index (χ2v) is 3.57. The number of hydrogen-bond acceptors (Lipinski definition) is 6. The van der Waals surface area contributed by atoms with E-state index in [0.717, 1.165) is 5.69 Å². The lowest BCUT2D eigenvalue weighted by molar-refractivity contribution is 1.06. The van der Waals surface area contributed by atoms with Gasteiger partial charge in [0.2, 0.25) is 5.95 Å². The Bertz CT molecular complexity index is 589. The highest BCUT2D eigenvalue weighted by Gasteiger charge is 2.10. The number of hydrazine groups is 1. The third-order valence-electron chi connectivity index (χ3n) is 2.50. The topological polar surface area (TPSA) is 90.9 Å². The van der Waals surface area contributed by atoms with E-state index in [1.807, 2.05) is 25.2 Å². The summed E-state index contributed by atoms with van der Waals surface area (Å²) in [6.45, 7) is 0. The molecule has 0 radical (unpaired) electrons. The van der Waals surface area contributed by atoms with Gasteiger partial charge in [-0.25, -0.2) is 10.8 Å². The molecule has 0 amide bonds. The van der Waals surface area contributed by atoms with Gasteiger partial charge in [0.25, 0.3) is 0 Å². The number of anilines is 3. The summed E-state index contributed by atoms with van der Waals surface area (Å²) in [5, 5.41) is 9.07. The Balaban J connectivity index is 2.41. The molecule has 0 saturated heterocycles. The van der Waals surface area contributed by atoms with Crippen molar-refractivity contribution in [2.75, 3.05) is 17.4 Å². The summed E-state index contributed by atoms with van der Waals surface area (Å²) in [4.78, 5) is 9.96. The minimum atomic E-state index is 0.328. The summed E-state index contributed by atoms with van der Waals surface area (Å²) in [7, 11) is 1.83. The Morgan fingerprint density at radius 2 is 2.11 bits per heavy atom. The summed E-state index contributed by atoms with van der Waals surface area (Å²) in [5.74, 6) is 6.25. The monoisotopic (exact) mass is 240 g/mol. The minimum Gasteiger partial charge on any atom is -0.328 e. The maximum atomic E-state index is 9.07. The normalized spacial score (nSPS) is 9.61. The molecule has 90 valence electrons. The van der Waals surface area contributed by atoms with E-state index >= 15 is 0 Å². The lowest BCUT2D eigenvalue weighted by Gasteiger charge is -2.19. The molecule has 1 aromatic heterocycles. The predicted octanol–water partition coefficient (Wildman–Crippen LogP) is 1.40. The fourth-order valence-electron chi connectivity index (χ4n) is 1.59. The van der Waals surface area contributed by atoms with Crippen LogP contribution in [0.3, 0.4) is 0 Å². The highest BCUT2D eigenvalue weighted by Crippen LogP contribution is 2.25. The second kappa shape index (κ2) is 5.12. The average Bonchev–Trinajstić information content (AvgIpc) is 2.46. The van der Waals surface area contributed by atoms with Gasteiger partial charge in [-0.15, -0.1) is 0 Å². The van der Waals surface area contributed by atoms with Gasteiger partial charge in [-0.2, -0.15) is 10.2 Å². The maximum absolute atomic E-state index is 9.07. The fraction of sp³-hybridized carbons (Fsp3) is 0.0833. The van der Waals surface area contributed by atoms with Crippen LogP contribution in [0.15, 0.2) is 36.5 Å². The molecule has 3 N–H and O–H groups in total. The van der Waals surface area contributed by atoms with Crippen LogP contribution in [0.5, 0.6) is 0 Å². The molecular weight excluding hydrogens is 228 g/mol. The van der Waals surface area contributed by atoms with Gasteiger partial charge in [-0.05, 0) is 18.2 Å². The Morgan fingerprint density at radius 1 is 1.33 bits per heavy atom. The van der Waals surface area contributed by atoms with Gasteiger partial charge >= 0.3 is 0 Å². The lowest BCUT2D eigenvalue weighted by Crippen LogP contribution is -2.16. The van der Waals surface area contributed by atoms with Gasteiger partial charge in [0.15, 0.2) is 0 Å². The van der Waals surface area contributed by atoms with Crippen LogP contribution >= 0.6 is 0 Å². The van der Waals surface area contributed by atoms with Gasteiger partial charge in [-0.3, -0.25) is 5.43 Å². The van der Waals surface area contributed by atoms with Crippen LogP contribution in [-0.2, 0) is 0 Å². The summed E-state index contributed by atoms with van der Waals surface area (Å²) in [6.07, 6.45) is 1.60. The molecule has 0 aliphatic carbocycles. The van der Waals surface area contributed by atoms with Crippen LogP contribution in [0.2, 0.25) is 0 Å². The van der Waals surface area contributed by atoms with E-state index in [0.29, 0.717) is 17.3 Å². The van der Waals surface area contributed by atoms with Crippen molar-refractivity contribution in [2.45, 2.75) is 0 Å². The molecule has 6 nitrogen and oxygen atoms in total. The van der Waals surface area contributed by atoms with Crippen LogP contribution in [0, 0.1) is 11.3 Å². The highest BCUT2D eigenvalue weighted by atomic mass is 15.3. The zero-order valence-corrected chi connectivity index (χ0v) is 9.83. The zero-order chi connectivity index (χ0) is 13.0. The lowest BCUT2D eigenvalue weighted by atomic mass is 10.2. The third kappa shape index (κ3) is 2.21. The first-order chi connectivity index (χ1) is 8.76. The second-order valence-electron chi connectivity index (χ2n) is 3.57. The minimum absolute atomic E-state index is 0.328. The van der Waals surface area contributed by atoms with Crippen LogP contribution in [0.4, 0.5) is 17.5 Å². The molecule has 0 bridgehead atoms. The van der Waals surface area contributed by atoms with E-state index in [-0.39, 0.29) is 0 Å². The van der Waals surface area contributed by atoms with Crippen molar-refractivity contribution in [3.8, 4) is 6.07 Å². The van der Waals surface area contributed by atoms with Crippen molar-refractivity contribution in [3.05, 3.63) is 42.1 Å². The molecule has 2 aromatic rings. The predicted molar refractivity (Wildman–Crippen MR) is 69.1 cm³/mol. The van der Waals surface area contributed by atoms with Crippen LogP contribution < -0.4 is 16.2 Å². The van der Waals surface area contributed by atoms with Crippen molar-refractivity contribution in [1.82, 2.24) is 9.97 Å². The number of rotatable bonds is 3. The van der Waals surface area contributed by atoms with E-state index < -0.39 is 0 Å². The Labute approximate surface area is 105 Å². The molecular formula is C12H12N6. The van der Waals surface area contributed by atoms with Crippen LogP contribution in [0.1, 0.15) is 5.56 Å². The highest BCUT2D eigenvalue weighted by molar-refractivity contribution is 5.66. The van der Waals surface area contributed by atoms with Gasteiger partial charge < -0.3 is 4.90 Å². The molecule has 0 unspecified atom stereocenters. The first kappa shape index (κ1) is 11.8. The molecule has 0 aliphatic heterocycles. The van der Waals surface area contributed by atoms with Crippen molar-refractivity contribution in [3.63, 3.8) is 0 Å². The average molecular weight is 240 g/mol. The quantitative estimate of drug-likeness (QED) is 0.622. The molecule has 0 spiro atoms. The molecule has 0 fully saturated rings. The maximum Gasteiger partial charge on any atom is 0.239 e. The number of nitrogen functional groups attached to an aromatic ring is 1. The van der Waals surface area contributed by atoms with E-state index in [2.05, 4.69) is 21.5 Å². The molecule has 6 heteroatoms. The molecule has 1 heterocycles. The number of para-hydroxylation sites is 1. The van der Waals surface area contributed by atoms with Gasteiger partial charge in [0.05, 0.1) is 11.3 Å². The third-order valence-corrected chi connectivity index (χ3v) is 2.50. The van der Waals surface area contributed by atoms with E-state index in [1.165, 1.54) is 0 Å². The van der Waals surface area contributed by atoms with Gasteiger partial charge in [-0.1, -0.05) is 12.1 Å². The van der Waals surface area contributed by atoms with Gasteiger partial charge in [0.1, 0.15) is 11.9 Å². The molecule has 18 heavy (non-hydrogen) atoms. The smallest absolute Gasteiger partial charge is 0.239 e. The van der Waals surface area contributed by atoms with E-state index in [9.17, 15) is 0 Å². The van der Waals surface area contributed by atoms with E-state index in [1.54, 1.807) is 23.2 Å². The van der Waals surface area contributed by atoms with Crippen molar-refractivity contribution < 1.29 is 0 Å². The van der Waals surface area contributed by atoms with Crippen molar-refractivity contribution in [1.29, 1.82) is 5.26 Å². The Kier molecular flexibility index (Phi) is 3.36. The molecule has 0 aliphatic rings. The van der Waals surface area contributed by atoms with Crippen molar-refractivity contribution in [2.24, 2.45) is 5.84 Å². The number of nitrogens with two attached hydrogens (primary N) is 1. The van der Waals surface area contributed by atoms with E-state index in [4.69, 9.17) is 11.1 Å². The number of benzene rings is 1. The Morgan fingerprint density at radius 3 is 2.83 bits per heavy atom. The number of nitrogens with one attached hydrogen (secondary N) is 1.